The minimum absolute atomic E-state index is 0.0938. The van der Waals surface area contributed by atoms with E-state index in [0.717, 1.165) is 6.07 Å². The largest absolute Gasteiger partial charge is 0.480 e. The van der Waals surface area contributed by atoms with E-state index in [9.17, 15) is 14.0 Å². The van der Waals surface area contributed by atoms with E-state index in [1.165, 1.54) is 12.1 Å². The summed E-state index contributed by atoms with van der Waals surface area (Å²) in [5.41, 5.74) is 4.76. The topological polar surface area (TPSA) is 92.4 Å². The number of hydrogen-bond acceptors (Lipinski definition) is 3. The number of amides is 1. The Bertz CT molecular complexity index is 433. The van der Waals surface area contributed by atoms with Crippen LogP contribution in [0.2, 0.25) is 5.02 Å². The van der Waals surface area contributed by atoms with E-state index in [4.69, 9.17) is 22.4 Å². The SMILES string of the molecule is NC[C@H](NC(=O)c1c(F)cccc1Cl)C(=O)O. The molecule has 1 aromatic rings. The molecule has 0 aliphatic heterocycles. The van der Waals surface area contributed by atoms with E-state index in [1.54, 1.807) is 0 Å². The number of carboxylic acids is 1. The Hall–Kier alpha value is -1.66. The molecule has 0 aliphatic rings. The molecule has 0 fully saturated rings. The normalized spacial score (nSPS) is 11.9. The zero-order valence-electron chi connectivity index (χ0n) is 8.61. The molecule has 0 saturated carbocycles. The van der Waals surface area contributed by atoms with E-state index in [-0.39, 0.29) is 11.6 Å². The molecule has 0 spiro atoms. The third kappa shape index (κ3) is 3.15. The van der Waals surface area contributed by atoms with Gasteiger partial charge in [0.15, 0.2) is 0 Å². The Kier molecular flexibility index (Phi) is 4.42. The lowest BCUT2D eigenvalue weighted by atomic mass is 10.2. The molecule has 0 saturated heterocycles. The fourth-order valence-electron chi connectivity index (χ4n) is 1.17. The molecular weight excluding hydrogens is 251 g/mol. The van der Waals surface area contributed by atoms with E-state index in [0.29, 0.717) is 0 Å². The fraction of sp³-hybridized carbons (Fsp3) is 0.200. The molecule has 17 heavy (non-hydrogen) atoms. The molecule has 0 radical (unpaired) electrons. The smallest absolute Gasteiger partial charge is 0.327 e. The van der Waals surface area contributed by atoms with Crippen LogP contribution >= 0.6 is 11.6 Å². The maximum Gasteiger partial charge on any atom is 0.327 e. The summed E-state index contributed by atoms with van der Waals surface area (Å²) in [6, 6.07) is 2.45. The lowest BCUT2D eigenvalue weighted by Gasteiger charge is -2.13. The van der Waals surface area contributed by atoms with Gasteiger partial charge in [0.25, 0.3) is 5.91 Å². The van der Waals surface area contributed by atoms with Crippen LogP contribution in [-0.4, -0.2) is 29.6 Å². The predicted octanol–water partition coefficient (Wildman–Crippen LogP) is 0.621. The van der Waals surface area contributed by atoms with Crippen molar-refractivity contribution in [2.45, 2.75) is 6.04 Å². The molecule has 1 atom stereocenters. The van der Waals surface area contributed by atoms with Crippen molar-refractivity contribution in [3.05, 3.63) is 34.6 Å². The zero-order chi connectivity index (χ0) is 13.0. The average molecular weight is 261 g/mol. The number of aliphatic carboxylic acids is 1. The van der Waals surface area contributed by atoms with Gasteiger partial charge in [0.2, 0.25) is 0 Å². The number of rotatable bonds is 4. The average Bonchev–Trinajstić information content (AvgIpc) is 2.25. The molecule has 92 valence electrons. The highest BCUT2D eigenvalue weighted by molar-refractivity contribution is 6.33. The van der Waals surface area contributed by atoms with Crippen molar-refractivity contribution in [1.82, 2.24) is 5.32 Å². The van der Waals surface area contributed by atoms with E-state index in [2.05, 4.69) is 5.32 Å². The molecule has 1 rings (SSSR count). The van der Waals surface area contributed by atoms with Gasteiger partial charge in [0.1, 0.15) is 11.9 Å². The Morgan fingerprint density at radius 1 is 1.53 bits per heavy atom. The maximum absolute atomic E-state index is 13.3. The number of benzene rings is 1. The van der Waals surface area contributed by atoms with Gasteiger partial charge in [0.05, 0.1) is 10.6 Å². The van der Waals surface area contributed by atoms with Crippen molar-refractivity contribution in [2.24, 2.45) is 5.73 Å². The van der Waals surface area contributed by atoms with Crippen LogP contribution in [0.15, 0.2) is 18.2 Å². The summed E-state index contributed by atoms with van der Waals surface area (Å²) in [6.07, 6.45) is 0. The second kappa shape index (κ2) is 5.60. The van der Waals surface area contributed by atoms with Crippen molar-refractivity contribution in [1.29, 1.82) is 0 Å². The van der Waals surface area contributed by atoms with Gasteiger partial charge in [-0.2, -0.15) is 0 Å². The van der Waals surface area contributed by atoms with Gasteiger partial charge in [-0.05, 0) is 12.1 Å². The van der Waals surface area contributed by atoms with Crippen LogP contribution in [0.4, 0.5) is 4.39 Å². The molecule has 0 unspecified atom stereocenters. The van der Waals surface area contributed by atoms with Gasteiger partial charge >= 0.3 is 5.97 Å². The van der Waals surface area contributed by atoms with E-state index >= 15 is 0 Å². The number of carboxylic acid groups (broad SMARTS) is 1. The highest BCUT2D eigenvalue weighted by atomic mass is 35.5. The van der Waals surface area contributed by atoms with Gasteiger partial charge in [-0.1, -0.05) is 17.7 Å². The number of halogens is 2. The summed E-state index contributed by atoms with van der Waals surface area (Å²) in [7, 11) is 0. The first-order chi connectivity index (χ1) is 7.97. The lowest BCUT2D eigenvalue weighted by molar-refractivity contribution is -0.138. The third-order valence-electron chi connectivity index (χ3n) is 2.03. The van der Waals surface area contributed by atoms with Crippen molar-refractivity contribution >= 4 is 23.5 Å². The summed E-state index contributed by atoms with van der Waals surface area (Å²) >= 11 is 5.65. The highest BCUT2D eigenvalue weighted by Crippen LogP contribution is 2.18. The minimum atomic E-state index is -1.30. The van der Waals surface area contributed by atoms with Gasteiger partial charge in [0, 0.05) is 6.54 Å². The Morgan fingerprint density at radius 2 is 2.18 bits per heavy atom. The minimum Gasteiger partial charge on any atom is -0.480 e. The van der Waals surface area contributed by atoms with Crippen LogP contribution in [0.5, 0.6) is 0 Å². The number of carbonyl (C=O) groups excluding carboxylic acids is 1. The summed E-state index contributed by atoms with van der Waals surface area (Å²) in [6.45, 7) is -0.298. The quantitative estimate of drug-likeness (QED) is 0.740. The summed E-state index contributed by atoms with van der Waals surface area (Å²) < 4.78 is 13.3. The van der Waals surface area contributed by atoms with Gasteiger partial charge < -0.3 is 16.2 Å². The highest BCUT2D eigenvalue weighted by Gasteiger charge is 2.22. The van der Waals surface area contributed by atoms with Crippen molar-refractivity contribution < 1.29 is 19.1 Å². The maximum atomic E-state index is 13.3. The Labute approximate surface area is 101 Å². The number of nitrogens with two attached hydrogens (primary N) is 1. The predicted molar refractivity (Wildman–Crippen MR) is 59.4 cm³/mol. The second-order valence-electron chi connectivity index (χ2n) is 3.20. The third-order valence-corrected chi connectivity index (χ3v) is 2.34. The Balaban J connectivity index is 2.94. The number of hydrogen-bond donors (Lipinski definition) is 3. The molecule has 0 heterocycles. The molecule has 0 bridgehead atoms. The monoisotopic (exact) mass is 260 g/mol. The summed E-state index contributed by atoms with van der Waals surface area (Å²) in [5.74, 6) is -3.03. The first kappa shape index (κ1) is 13.4. The second-order valence-corrected chi connectivity index (χ2v) is 3.60. The zero-order valence-corrected chi connectivity index (χ0v) is 9.37. The van der Waals surface area contributed by atoms with Crippen molar-refractivity contribution in [2.75, 3.05) is 6.54 Å². The van der Waals surface area contributed by atoms with Crippen LogP contribution in [0.25, 0.3) is 0 Å². The standard InChI is InChI=1S/C10H10ClFN2O3/c11-5-2-1-3-6(12)8(5)9(15)14-7(4-13)10(16)17/h1-3,7H,4,13H2,(H,14,15)(H,16,17)/t7-/m0/s1. The van der Waals surface area contributed by atoms with Crippen LogP contribution in [0.1, 0.15) is 10.4 Å². The number of nitrogens with one attached hydrogen (secondary N) is 1. The van der Waals surface area contributed by atoms with E-state index < -0.39 is 29.3 Å². The first-order valence-electron chi connectivity index (χ1n) is 4.65. The van der Waals surface area contributed by atoms with Crippen LogP contribution in [0, 0.1) is 5.82 Å². The molecule has 7 heteroatoms. The van der Waals surface area contributed by atoms with Crippen LogP contribution in [0.3, 0.4) is 0 Å². The fourth-order valence-corrected chi connectivity index (χ4v) is 1.42. The molecule has 0 aliphatic carbocycles. The van der Waals surface area contributed by atoms with Gasteiger partial charge in [-0.15, -0.1) is 0 Å². The molecule has 4 N–H and O–H groups in total. The lowest BCUT2D eigenvalue weighted by Crippen LogP contribution is -2.46. The van der Waals surface area contributed by atoms with Gasteiger partial charge in [-0.25, -0.2) is 9.18 Å². The molecule has 1 amide bonds. The Morgan fingerprint density at radius 3 is 2.65 bits per heavy atom. The first-order valence-corrected chi connectivity index (χ1v) is 5.03. The van der Waals surface area contributed by atoms with Gasteiger partial charge in [-0.3, -0.25) is 4.79 Å². The molecular formula is C10H10ClFN2O3. The molecule has 0 aromatic heterocycles. The molecule has 5 nitrogen and oxygen atoms in total. The van der Waals surface area contributed by atoms with E-state index in [1.807, 2.05) is 0 Å². The molecule has 1 aromatic carbocycles. The van der Waals surface area contributed by atoms with Crippen LogP contribution < -0.4 is 11.1 Å². The summed E-state index contributed by atoms with van der Waals surface area (Å²) in [4.78, 5) is 22.3. The van der Waals surface area contributed by atoms with Crippen molar-refractivity contribution in [3.8, 4) is 0 Å². The number of carbonyl (C=O) groups is 2. The van der Waals surface area contributed by atoms with Crippen LogP contribution in [-0.2, 0) is 4.79 Å². The summed E-state index contributed by atoms with van der Waals surface area (Å²) in [5, 5.41) is 10.7. The van der Waals surface area contributed by atoms with Crippen molar-refractivity contribution in [3.63, 3.8) is 0 Å².